The highest BCUT2D eigenvalue weighted by molar-refractivity contribution is 6.30. The summed E-state index contributed by atoms with van der Waals surface area (Å²) in [6.45, 7) is 1.62. The number of hydrogen-bond acceptors (Lipinski definition) is 3. The predicted octanol–water partition coefficient (Wildman–Crippen LogP) is 2.77. The molecule has 0 bridgehead atoms. The fourth-order valence-electron chi connectivity index (χ4n) is 2.90. The third-order valence-corrected chi connectivity index (χ3v) is 4.19. The SMILES string of the molecule is CNCC1CCCN1C(=O)c1ccn(-c2cccc(Cl)c2)n1.Cl. The lowest BCUT2D eigenvalue weighted by molar-refractivity contribution is 0.0730. The van der Waals surface area contributed by atoms with Crippen LogP contribution in [-0.2, 0) is 0 Å². The van der Waals surface area contributed by atoms with Crippen molar-refractivity contribution in [2.75, 3.05) is 20.1 Å². The van der Waals surface area contributed by atoms with Gasteiger partial charge in [0.15, 0.2) is 5.69 Å². The van der Waals surface area contributed by atoms with Gasteiger partial charge in [-0.05, 0) is 44.2 Å². The number of carbonyl (C=O) groups is 1. The van der Waals surface area contributed by atoms with Gasteiger partial charge in [0, 0.05) is 30.4 Å². The van der Waals surface area contributed by atoms with Crippen LogP contribution in [0.5, 0.6) is 0 Å². The summed E-state index contributed by atoms with van der Waals surface area (Å²) < 4.78 is 1.68. The number of halogens is 2. The molecule has 1 fully saturated rings. The summed E-state index contributed by atoms with van der Waals surface area (Å²) in [5.74, 6) is -0.00136. The van der Waals surface area contributed by atoms with Crippen LogP contribution in [-0.4, -0.2) is 46.8 Å². The van der Waals surface area contributed by atoms with E-state index in [2.05, 4.69) is 10.4 Å². The summed E-state index contributed by atoms with van der Waals surface area (Å²) in [4.78, 5) is 14.6. The van der Waals surface area contributed by atoms with Crippen LogP contribution in [0.15, 0.2) is 36.5 Å². The molecule has 1 aromatic heterocycles. The lowest BCUT2D eigenvalue weighted by atomic mass is 10.2. The molecule has 1 aliphatic rings. The Hall–Kier alpha value is -1.56. The molecule has 0 aliphatic carbocycles. The molecule has 1 aliphatic heterocycles. The Morgan fingerprint density at radius 1 is 1.43 bits per heavy atom. The number of nitrogens with zero attached hydrogens (tertiary/aromatic N) is 3. The molecule has 1 atom stereocenters. The van der Waals surface area contributed by atoms with Crippen LogP contribution in [0, 0.1) is 0 Å². The Labute approximate surface area is 147 Å². The van der Waals surface area contributed by atoms with Crippen molar-refractivity contribution in [3.8, 4) is 5.69 Å². The van der Waals surface area contributed by atoms with Crippen molar-refractivity contribution in [3.05, 3.63) is 47.2 Å². The van der Waals surface area contributed by atoms with Crippen LogP contribution in [0.1, 0.15) is 23.3 Å². The Kier molecular flexibility index (Phi) is 6.04. The van der Waals surface area contributed by atoms with Gasteiger partial charge >= 0.3 is 0 Å². The van der Waals surface area contributed by atoms with Crippen molar-refractivity contribution >= 4 is 29.9 Å². The molecule has 2 heterocycles. The first-order valence-electron chi connectivity index (χ1n) is 7.46. The van der Waals surface area contributed by atoms with Crippen molar-refractivity contribution in [3.63, 3.8) is 0 Å². The first-order chi connectivity index (χ1) is 10.7. The molecule has 3 rings (SSSR count). The molecule has 1 N–H and O–H groups in total. The first kappa shape index (κ1) is 17.8. The molecule has 1 amide bonds. The number of amides is 1. The maximum absolute atomic E-state index is 12.6. The van der Waals surface area contributed by atoms with E-state index in [0.717, 1.165) is 31.6 Å². The van der Waals surface area contributed by atoms with Crippen LogP contribution in [0.4, 0.5) is 0 Å². The molecule has 2 aromatic rings. The van der Waals surface area contributed by atoms with Gasteiger partial charge in [-0.2, -0.15) is 5.10 Å². The number of rotatable bonds is 4. The van der Waals surface area contributed by atoms with Crippen LogP contribution in [0.2, 0.25) is 5.02 Å². The fourth-order valence-corrected chi connectivity index (χ4v) is 3.08. The monoisotopic (exact) mass is 354 g/mol. The Balaban J connectivity index is 0.00000192. The fraction of sp³-hybridized carbons (Fsp3) is 0.375. The highest BCUT2D eigenvalue weighted by atomic mass is 35.5. The molecule has 23 heavy (non-hydrogen) atoms. The van der Waals surface area contributed by atoms with E-state index in [4.69, 9.17) is 11.6 Å². The van der Waals surface area contributed by atoms with Gasteiger partial charge in [0.1, 0.15) is 0 Å². The van der Waals surface area contributed by atoms with Crippen molar-refractivity contribution < 1.29 is 4.79 Å². The second-order valence-corrected chi connectivity index (χ2v) is 5.91. The van der Waals surface area contributed by atoms with Gasteiger partial charge < -0.3 is 10.2 Å². The zero-order valence-corrected chi connectivity index (χ0v) is 14.5. The summed E-state index contributed by atoms with van der Waals surface area (Å²) in [7, 11) is 1.91. The molecule has 7 heteroatoms. The van der Waals surface area contributed by atoms with E-state index >= 15 is 0 Å². The van der Waals surface area contributed by atoms with Gasteiger partial charge in [-0.1, -0.05) is 17.7 Å². The van der Waals surface area contributed by atoms with Gasteiger partial charge in [0.2, 0.25) is 0 Å². The number of hydrogen-bond donors (Lipinski definition) is 1. The quantitative estimate of drug-likeness (QED) is 0.918. The van der Waals surface area contributed by atoms with Gasteiger partial charge in [0.25, 0.3) is 5.91 Å². The Morgan fingerprint density at radius 3 is 3.00 bits per heavy atom. The maximum Gasteiger partial charge on any atom is 0.274 e. The number of likely N-dealkylation sites (N-methyl/N-ethyl adjacent to an activating group) is 1. The molecule has 1 aromatic carbocycles. The molecule has 0 saturated carbocycles. The van der Waals surface area contributed by atoms with Gasteiger partial charge in [0.05, 0.1) is 5.69 Å². The van der Waals surface area contributed by atoms with Crippen LogP contribution in [0.3, 0.4) is 0 Å². The Bertz CT molecular complexity index is 674. The molecule has 1 unspecified atom stereocenters. The van der Waals surface area contributed by atoms with E-state index in [1.807, 2.05) is 36.2 Å². The Morgan fingerprint density at radius 2 is 2.26 bits per heavy atom. The first-order valence-corrected chi connectivity index (χ1v) is 7.84. The summed E-state index contributed by atoms with van der Waals surface area (Å²) in [5, 5.41) is 8.20. The number of likely N-dealkylation sites (tertiary alicyclic amines) is 1. The summed E-state index contributed by atoms with van der Waals surface area (Å²) >= 11 is 6.00. The summed E-state index contributed by atoms with van der Waals surface area (Å²) in [6.07, 6.45) is 3.89. The highest BCUT2D eigenvalue weighted by Crippen LogP contribution is 2.20. The van der Waals surface area contributed by atoms with Gasteiger partial charge in [-0.15, -0.1) is 12.4 Å². The smallest absolute Gasteiger partial charge is 0.274 e. The molecule has 0 radical (unpaired) electrons. The normalized spacial score (nSPS) is 17.1. The van der Waals surface area contributed by atoms with Crippen LogP contribution >= 0.6 is 24.0 Å². The maximum atomic E-state index is 12.6. The number of carbonyl (C=O) groups excluding carboxylic acids is 1. The topological polar surface area (TPSA) is 50.2 Å². The van der Waals surface area contributed by atoms with Crippen molar-refractivity contribution in [1.29, 1.82) is 0 Å². The third kappa shape index (κ3) is 3.86. The molecule has 1 saturated heterocycles. The van der Waals surface area contributed by atoms with E-state index in [1.165, 1.54) is 0 Å². The average molecular weight is 355 g/mol. The van der Waals surface area contributed by atoms with Gasteiger partial charge in [-0.3, -0.25) is 4.79 Å². The summed E-state index contributed by atoms with van der Waals surface area (Å²) in [6, 6.07) is 9.43. The lowest BCUT2D eigenvalue weighted by Gasteiger charge is -2.23. The standard InChI is InChI=1S/C16H19ClN4O.ClH/c1-18-11-14-6-3-8-20(14)16(22)15-7-9-21(19-15)13-5-2-4-12(17)10-13;/h2,4-5,7,9-10,14,18H,3,6,8,11H2,1H3;1H. The number of nitrogens with one attached hydrogen (secondary N) is 1. The third-order valence-electron chi connectivity index (χ3n) is 3.96. The average Bonchev–Trinajstić information content (AvgIpc) is 3.16. The molecule has 5 nitrogen and oxygen atoms in total. The van der Waals surface area contributed by atoms with Crippen molar-refractivity contribution in [2.24, 2.45) is 0 Å². The van der Waals surface area contributed by atoms with E-state index in [0.29, 0.717) is 10.7 Å². The minimum Gasteiger partial charge on any atom is -0.333 e. The zero-order valence-electron chi connectivity index (χ0n) is 12.9. The largest absolute Gasteiger partial charge is 0.333 e. The van der Waals surface area contributed by atoms with E-state index < -0.39 is 0 Å². The molecular formula is C16H20Cl2N4O. The zero-order chi connectivity index (χ0) is 15.5. The minimum absolute atomic E-state index is 0. The van der Waals surface area contributed by atoms with E-state index in [1.54, 1.807) is 16.9 Å². The van der Waals surface area contributed by atoms with Gasteiger partial charge in [-0.25, -0.2) is 4.68 Å². The van der Waals surface area contributed by atoms with E-state index in [-0.39, 0.29) is 24.4 Å². The minimum atomic E-state index is -0.00136. The van der Waals surface area contributed by atoms with Crippen molar-refractivity contribution in [2.45, 2.75) is 18.9 Å². The predicted molar refractivity (Wildman–Crippen MR) is 93.8 cm³/mol. The second-order valence-electron chi connectivity index (χ2n) is 5.48. The molecule has 124 valence electrons. The van der Waals surface area contributed by atoms with Crippen LogP contribution in [0.25, 0.3) is 5.69 Å². The van der Waals surface area contributed by atoms with Crippen molar-refractivity contribution in [1.82, 2.24) is 20.0 Å². The van der Waals surface area contributed by atoms with Crippen LogP contribution < -0.4 is 5.32 Å². The summed E-state index contributed by atoms with van der Waals surface area (Å²) in [5.41, 5.74) is 1.32. The second kappa shape index (κ2) is 7.81. The highest BCUT2D eigenvalue weighted by Gasteiger charge is 2.29. The number of aromatic nitrogens is 2. The lowest BCUT2D eigenvalue weighted by Crippen LogP contribution is -2.41. The number of benzene rings is 1. The van der Waals surface area contributed by atoms with E-state index in [9.17, 15) is 4.79 Å². The molecular weight excluding hydrogens is 335 g/mol. The molecule has 0 spiro atoms.